The van der Waals surface area contributed by atoms with Crippen LogP contribution in [0.5, 0.6) is 0 Å². The second-order valence-corrected chi connectivity index (χ2v) is 6.43. The number of hydrogen-bond donors (Lipinski definition) is 2. The maximum absolute atomic E-state index is 12.7. The van der Waals surface area contributed by atoms with Gasteiger partial charge in [0, 0.05) is 6.04 Å². The van der Waals surface area contributed by atoms with E-state index in [2.05, 4.69) is 4.72 Å². The number of carbonyl (C=O) groups is 1. The number of halogens is 1. The molecule has 0 fully saturated rings. The summed E-state index contributed by atoms with van der Waals surface area (Å²) in [5.74, 6) is -2.33. The number of sulfonamides is 1. The number of carboxylic acid groups (broad SMARTS) is 1. The van der Waals surface area contributed by atoms with Crippen LogP contribution >= 0.6 is 0 Å². The van der Waals surface area contributed by atoms with Crippen LogP contribution in [0.25, 0.3) is 0 Å². The largest absolute Gasteiger partial charge is 0.481 e. The number of benzene rings is 1. The highest BCUT2D eigenvalue weighted by Gasteiger charge is 2.27. The molecule has 0 saturated carbocycles. The van der Waals surface area contributed by atoms with Crippen LogP contribution in [0.2, 0.25) is 0 Å². The van der Waals surface area contributed by atoms with E-state index in [0.29, 0.717) is 5.56 Å². The summed E-state index contributed by atoms with van der Waals surface area (Å²) in [6, 6.07) is 4.68. The van der Waals surface area contributed by atoms with Gasteiger partial charge in [-0.15, -0.1) is 0 Å². The number of hydrogen-bond acceptors (Lipinski definition) is 3. The van der Waals surface area contributed by atoms with Crippen LogP contribution in [0.15, 0.2) is 36.4 Å². The maximum atomic E-state index is 12.7. The second-order valence-electron chi connectivity index (χ2n) is 4.68. The van der Waals surface area contributed by atoms with E-state index in [9.17, 15) is 17.6 Å². The molecule has 2 unspecified atom stereocenters. The molecule has 20 heavy (non-hydrogen) atoms. The van der Waals surface area contributed by atoms with Gasteiger partial charge >= 0.3 is 5.97 Å². The topological polar surface area (TPSA) is 83.5 Å². The van der Waals surface area contributed by atoms with Crippen molar-refractivity contribution >= 4 is 16.0 Å². The zero-order chi connectivity index (χ0) is 14.8. The number of nitrogens with one attached hydrogen (secondary N) is 1. The molecule has 0 aliphatic heterocycles. The van der Waals surface area contributed by atoms with Gasteiger partial charge in [-0.25, -0.2) is 17.5 Å². The van der Waals surface area contributed by atoms with Gasteiger partial charge in [-0.1, -0.05) is 24.3 Å². The lowest BCUT2D eigenvalue weighted by molar-refractivity contribution is -0.140. The average molecular weight is 299 g/mol. The van der Waals surface area contributed by atoms with Crippen molar-refractivity contribution in [1.82, 2.24) is 4.72 Å². The third-order valence-corrected chi connectivity index (χ3v) is 4.38. The Morgan fingerprint density at radius 3 is 2.50 bits per heavy atom. The van der Waals surface area contributed by atoms with Gasteiger partial charge in [-0.3, -0.25) is 4.79 Å². The minimum atomic E-state index is -3.60. The molecule has 0 saturated heterocycles. The average Bonchev–Trinajstić information content (AvgIpc) is 2.79. The Labute approximate surface area is 116 Å². The van der Waals surface area contributed by atoms with E-state index in [4.69, 9.17) is 5.11 Å². The first-order chi connectivity index (χ1) is 9.35. The SMILES string of the molecule is O=C(O)C1C=CC(NS(=O)(=O)Cc2ccc(F)cc2)C1. The lowest BCUT2D eigenvalue weighted by Gasteiger charge is -2.12. The van der Waals surface area contributed by atoms with Crippen LogP contribution in [0.3, 0.4) is 0 Å². The van der Waals surface area contributed by atoms with Crippen molar-refractivity contribution in [2.45, 2.75) is 18.2 Å². The number of rotatable bonds is 5. The van der Waals surface area contributed by atoms with Crippen molar-refractivity contribution in [2.75, 3.05) is 0 Å². The van der Waals surface area contributed by atoms with E-state index < -0.39 is 33.8 Å². The van der Waals surface area contributed by atoms with Crippen molar-refractivity contribution in [2.24, 2.45) is 5.92 Å². The van der Waals surface area contributed by atoms with Crippen molar-refractivity contribution < 1.29 is 22.7 Å². The molecule has 1 aromatic rings. The zero-order valence-corrected chi connectivity index (χ0v) is 11.3. The molecule has 0 heterocycles. The predicted molar refractivity (Wildman–Crippen MR) is 70.8 cm³/mol. The third kappa shape index (κ3) is 3.88. The molecular formula is C13H14FNO4S. The first-order valence-electron chi connectivity index (χ1n) is 6.01. The molecule has 1 aromatic carbocycles. The van der Waals surface area contributed by atoms with Crippen molar-refractivity contribution in [1.29, 1.82) is 0 Å². The Morgan fingerprint density at radius 1 is 1.30 bits per heavy atom. The van der Waals surface area contributed by atoms with Gasteiger partial charge in [-0.2, -0.15) is 0 Å². The van der Waals surface area contributed by atoms with Crippen LogP contribution in [-0.4, -0.2) is 25.5 Å². The molecular weight excluding hydrogens is 285 g/mol. The molecule has 1 aliphatic carbocycles. The normalized spacial score (nSPS) is 22.1. The maximum Gasteiger partial charge on any atom is 0.310 e. The summed E-state index contributed by atoms with van der Waals surface area (Å²) in [6.45, 7) is 0. The van der Waals surface area contributed by atoms with E-state index in [0.717, 1.165) is 0 Å². The van der Waals surface area contributed by atoms with Crippen LogP contribution in [0, 0.1) is 11.7 Å². The van der Waals surface area contributed by atoms with Crippen molar-refractivity contribution in [3.8, 4) is 0 Å². The highest BCUT2D eigenvalue weighted by molar-refractivity contribution is 7.88. The minimum absolute atomic E-state index is 0.206. The highest BCUT2D eigenvalue weighted by Crippen LogP contribution is 2.19. The van der Waals surface area contributed by atoms with Gasteiger partial charge in [0.1, 0.15) is 5.82 Å². The Bertz CT molecular complexity index is 624. The van der Waals surface area contributed by atoms with Gasteiger partial charge in [0.15, 0.2) is 0 Å². The Hall–Kier alpha value is -1.73. The molecule has 0 amide bonds. The lowest BCUT2D eigenvalue weighted by atomic mass is 10.1. The van der Waals surface area contributed by atoms with Gasteiger partial charge in [0.05, 0.1) is 11.7 Å². The fourth-order valence-corrected chi connectivity index (χ4v) is 3.39. The van der Waals surface area contributed by atoms with Crippen molar-refractivity contribution in [3.05, 3.63) is 47.8 Å². The molecule has 0 spiro atoms. The number of aliphatic carboxylic acids is 1. The summed E-state index contributed by atoms with van der Waals surface area (Å²) in [5, 5.41) is 8.83. The molecule has 0 aromatic heterocycles. The second kappa shape index (κ2) is 5.72. The standard InChI is InChI=1S/C13H14FNO4S/c14-11-4-1-9(2-5-11)8-20(18,19)15-12-6-3-10(7-12)13(16)17/h1-6,10,12,15H,7-8H2,(H,16,17). The molecule has 2 rings (SSSR count). The molecule has 0 radical (unpaired) electrons. The third-order valence-electron chi connectivity index (χ3n) is 3.00. The van der Waals surface area contributed by atoms with Crippen LogP contribution in [0.4, 0.5) is 4.39 Å². The highest BCUT2D eigenvalue weighted by atomic mass is 32.2. The first-order valence-corrected chi connectivity index (χ1v) is 7.66. The Kier molecular flexibility index (Phi) is 4.20. The van der Waals surface area contributed by atoms with Gasteiger partial charge in [-0.05, 0) is 24.1 Å². The molecule has 1 aliphatic rings. The quantitative estimate of drug-likeness (QED) is 0.802. The summed E-state index contributed by atoms with van der Waals surface area (Å²) in [6.07, 6.45) is 3.23. The summed E-state index contributed by atoms with van der Waals surface area (Å²) in [7, 11) is -3.60. The first kappa shape index (κ1) is 14.7. The van der Waals surface area contributed by atoms with Crippen LogP contribution in [-0.2, 0) is 20.6 Å². The summed E-state index contributed by atoms with van der Waals surface area (Å²) in [4.78, 5) is 10.8. The molecule has 2 atom stereocenters. The van der Waals surface area contributed by atoms with Crippen LogP contribution in [0.1, 0.15) is 12.0 Å². The van der Waals surface area contributed by atoms with Gasteiger partial charge in [0.2, 0.25) is 10.0 Å². The molecule has 108 valence electrons. The van der Waals surface area contributed by atoms with Crippen LogP contribution < -0.4 is 4.72 Å². The van der Waals surface area contributed by atoms with Crippen molar-refractivity contribution in [3.63, 3.8) is 0 Å². The van der Waals surface area contributed by atoms with Gasteiger partial charge in [0.25, 0.3) is 0 Å². The monoisotopic (exact) mass is 299 g/mol. The molecule has 2 N–H and O–H groups in total. The Balaban J connectivity index is 1.97. The fraction of sp³-hybridized carbons (Fsp3) is 0.308. The molecule has 0 bridgehead atoms. The van der Waals surface area contributed by atoms with E-state index in [1.807, 2.05) is 0 Å². The van der Waals surface area contributed by atoms with E-state index >= 15 is 0 Å². The summed E-state index contributed by atoms with van der Waals surface area (Å²) in [5.41, 5.74) is 0.468. The van der Waals surface area contributed by atoms with E-state index in [1.54, 1.807) is 6.08 Å². The lowest BCUT2D eigenvalue weighted by Crippen LogP contribution is -2.34. The smallest absolute Gasteiger partial charge is 0.310 e. The number of carboxylic acids is 1. The van der Waals surface area contributed by atoms with E-state index in [1.165, 1.54) is 30.3 Å². The molecule has 7 heteroatoms. The Morgan fingerprint density at radius 2 is 1.95 bits per heavy atom. The zero-order valence-electron chi connectivity index (χ0n) is 10.5. The fourth-order valence-electron chi connectivity index (χ4n) is 2.04. The van der Waals surface area contributed by atoms with E-state index in [-0.39, 0.29) is 12.2 Å². The predicted octanol–water partition coefficient (Wildman–Crippen LogP) is 1.27. The molecule has 5 nitrogen and oxygen atoms in total. The summed E-state index contributed by atoms with van der Waals surface area (Å²) >= 11 is 0. The van der Waals surface area contributed by atoms with Gasteiger partial charge < -0.3 is 5.11 Å². The minimum Gasteiger partial charge on any atom is -0.481 e. The summed E-state index contributed by atoms with van der Waals surface area (Å²) < 4.78 is 39.0.